The van der Waals surface area contributed by atoms with Crippen LogP contribution in [-0.2, 0) is 9.53 Å². The second-order valence-electron chi connectivity index (χ2n) is 5.90. The molecule has 24 heavy (non-hydrogen) atoms. The Morgan fingerprint density at radius 3 is 2.71 bits per heavy atom. The predicted octanol–water partition coefficient (Wildman–Crippen LogP) is 4.29. The van der Waals surface area contributed by atoms with Crippen LogP contribution in [0.25, 0.3) is 5.57 Å². The third-order valence-corrected chi connectivity index (χ3v) is 4.43. The molecule has 0 N–H and O–H groups in total. The number of thioether (sulfide) groups is 1. The van der Waals surface area contributed by atoms with E-state index in [9.17, 15) is 18.0 Å². The zero-order chi connectivity index (χ0) is 17.5. The molecule has 1 aliphatic carbocycles. The number of nitrogens with zero attached hydrogens (tertiary/aromatic N) is 1. The normalized spacial score (nSPS) is 23.1. The van der Waals surface area contributed by atoms with Gasteiger partial charge in [0.1, 0.15) is 11.7 Å². The Kier molecular flexibility index (Phi) is 4.17. The van der Waals surface area contributed by atoms with E-state index < -0.39 is 17.2 Å². The summed E-state index contributed by atoms with van der Waals surface area (Å²) in [5.41, 5.74) is -4.10. The molecule has 1 aromatic heterocycles. The number of allylic oxidation sites excluding steroid dienone is 1. The molecule has 1 aliphatic heterocycles. The van der Waals surface area contributed by atoms with Crippen molar-refractivity contribution in [2.45, 2.75) is 31.1 Å². The number of alkyl halides is 3. The first-order chi connectivity index (χ1) is 11.2. The molecule has 0 amide bonds. The molecule has 2 heterocycles. The van der Waals surface area contributed by atoms with Gasteiger partial charge in [0.05, 0.1) is 0 Å². The first kappa shape index (κ1) is 17.0. The van der Waals surface area contributed by atoms with Crippen LogP contribution in [-0.4, -0.2) is 28.0 Å². The van der Waals surface area contributed by atoms with E-state index in [4.69, 9.17) is 4.74 Å². The molecule has 3 nitrogen and oxygen atoms in total. The molecule has 126 valence electrons. The van der Waals surface area contributed by atoms with Crippen LogP contribution >= 0.6 is 11.8 Å². The van der Waals surface area contributed by atoms with E-state index in [2.05, 4.69) is 4.98 Å². The van der Waals surface area contributed by atoms with Gasteiger partial charge in [-0.15, -0.1) is 0 Å². The van der Waals surface area contributed by atoms with E-state index in [1.54, 1.807) is 38.3 Å². The minimum absolute atomic E-state index is 0.0197. The van der Waals surface area contributed by atoms with Gasteiger partial charge >= 0.3 is 5.51 Å². The molecule has 0 aromatic carbocycles. The summed E-state index contributed by atoms with van der Waals surface area (Å²) < 4.78 is 43.7. The first-order valence-corrected chi connectivity index (χ1v) is 8.02. The third-order valence-electron chi connectivity index (χ3n) is 3.71. The van der Waals surface area contributed by atoms with Gasteiger partial charge in [0.2, 0.25) is 0 Å². The zero-order valence-electron chi connectivity index (χ0n) is 12.9. The molecule has 7 heteroatoms. The van der Waals surface area contributed by atoms with E-state index in [1.165, 1.54) is 18.3 Å². The third kappa shape index (κ3) is 3.32. The molecule has 0 saturated carbocycles. The Morgan fingerprint density at radius 2 is 2.08 bits per heavy atom. The van der Waals surface area contributed by atoms with Crippen LogP contribution in [0.3, 0.4) is 0 Å². The average molecular weight is 353 g/mol. The van der Waals surface area contributed by atoms with E-state index in [0.29, 0.717) is 16.7 Å². The minimum atomic E-state index is -4.39. The van der Waals surface area contributed by atoms with Crippen LogP contribution in [0.5, 0.6) is 0 Å². The number of hydrogen-bond donors (Lipinski definition) is 0. The topological polar surface area (TPSA) is 39.2 Å². The minimum Gasteiger partial charge on any atom is -0.355 e. The van der Waals surface area contributed by atoms with Crippen molar-refractivity contribution in [3.63, 3.8) is 0 Å². The summed E-state index contributed by atoms with van der Waals surface area (Å²) in [6.07, 6.45) is 6.83. The van der Waals surface area contributed by atoms with Crippen LogP contribution in [0.1, 0.15) is 19.4 Å². The van der Waals surface area contributed by atoms with Crippen LogP contribution < -0.4 is 0 Å². The van der Waals surface area contributed by atoms with Crippen LogP contribution in [0, 0.1) is 0 Å². The first-order valence-electron chi connectivity index (χ1n) is 7.20. The fraction of sp³-hybridized carbons (Fsp3) is 0.294. The quantitative estimate of drug-likeness (QED) is 0.795. The number of halogens is 3. The van der Waals surface area contributed by atoms with Gasteiger partial charge in [-0.25, -0.2) is 0 Å². The van der Waals surface area contributed by atoms with Crippen molar-refractivity contribution in [1.82, 2.24) is 4.98 Å². The smallest absolute Gasteiger partial charge is 0.355 e. The zero-order valence-corrected chi connectivity index (χ0v) is 13.7. The van der Waals surface area contributed by atoms with Crippen molar-refractivity contribution in [3.05, 3.63) is 58.8 Å². The Bertz CT molecular complexity index is 764. The van der Waals surface area contributed by atoms with Crippen molar-refractivity contribution in [2.24, 2.45) is 0 Å². The van der Waals surface area contributed by atoms with Gasteiger partial charge in [-0.2, -0.15) is 13.2 Å². The van der Waals surface area contributed by atoms with E-state index in [-0.39, 0.29) is 22.5 Å². The number of fused-ring (bicyclic) bond motifs is 1. The van der Waals surface area contributed by atoms with Gasteiger partial charge in [-0.1, -0.05) is 12.1 Å². The summed E-state index contributed by atoms with van der Waals surface area (Å²) in [5, 5.41) is 0. The van der Waals surface area contributed by atoms with Crippen molar-refractivity contribution in [2.75, 3.05) is 0 Å². The lowest BCUT2D eigenvalue weighted by Gasteiger charge is -2.37. The summed E-state index contributed by atoms with van der Waals surface area (Å²) in [6, 6.07) is 3.40. The maximum atomic E-state index is 12.8. The van der Waals surface area contributed by atoms with Crippen LogP contribution in [0.15, 0.2) is 53.2 Å². The summed E-state index contributed by atoms with van der Waals surface area (Å²) in [4.78, 5) is 16.8. The fourth-order valence-corrected chi connectivity index (χ4v) is 3.29. The molecule has 0 bridgehead atoms. The van der Waals surface area contributed by atoms with Gasteiger partial charge in [0, 0.05) is 28.4 Å². The molecule has 0 radical (unpaired) electrons. The lowest BCUT2D eigenvalue weighted by Crippen LogP contribution is -2.44. The summed E-state index contributed by atoms with van der Waals surface area (Å²) >= 11 is -0.211. The number of hydrogen-bond acceptors (Lipinski definition) is 4. The highest BCUT2D eigenvalue weighted by Gasteiger charge is 2.42. The van der Waals surface area contributed by atoms with Gasteiger partial charge in [-0.3, -0.25) is 9.78 Å². The molecule has 1 atom stereocenters. The van der Waals surface area contributed by atoms with E-state index in [1.807, 2.05) is 0 Å². The molecule has 0 fully saturated rings. The van der Waals surface area contributed by atoms with E-state index >= 15 is 0 Å². The summed E-state index contributed by atoms with van der Waals surface area (Å²) in [5.74, 6) is -0.273. The van der Waals surface area contributed by atoms with Gasteiger partial charge in [-0.05, 0) is 49.4 Å². The number of pyridine rings is 1. The van der Waals surface area contributed by atoms with Crippen molar-refractivity contribution < 1.29 is 22.7 Å². The van der Waals surface area contributed by atoms with Gasteiger partial charge in [0.25, 0.3) is 0 Å². The van der Waals surface area contributed by atoms with Crippen molar-refractivity contribution >= 4 is 23.1 Å². The average Bonchev–Trinajstić information content (AvgIpc) is 2.48. The van der Waals surface area contributed by atoms with Crippen molar-refractivity contribution in [1.29, 1.82) is 0 Å². The molecule has 3 rings (SSSR count). The molecule has 0 saturated heterocycles. The Balaban J connectivity index is 2.14. The number of aromatic nitrogens is 1. The molecule has 2 aliphatic rings. The molecule has 0 spiro atoms. The molecular weight excluding hydrogens is 339 g/mol. The highest BCUT2D eigenvalue weighted by atomic mass is 32.2. The summed E-state index contributed by atoms with van der Waals surface area (Å²) in [6.45, 7) is 3.31. The molecule has 1 unspecified atom stereocenters. The number of ketones is 1. The second-order valence-corrected chi connectivity index (χ2v) is 7.04. The van der Waals surface area contributed by atoms with Crippen molar-refractivity contribution in [3.8, 4) is 0 Å². The largest absolute Gasteiger partial charge is 0.446 e. The summed E-state index contributed by atoms with van der Waals surface area (Å²) in [7, 11) is 0. The standard InChI is InChI=1S/C17H14F3NO2S/c1-16(2)15(22)14(10-4-3-7-21-9-10)12-8-11(24-17(18,19)20)5-6-13(12)23-16/h3-9,13H,1-2H3. The molecule has 1 aromatic rings. The lowest BCUT2D eigenvalue weighted by molar-refractivity contribution is -0.138. The lowest BCUT2D eigenvalue weighted by atomic mass is 9.82. The monoisotopic (exact) mass is 353 g/mol. The SMILES string of the molecule is CC1(C)OC2C=CC(SC(F)(F)F)=CC2=C(c2cccnc2)C1=O. The number of rotatable bonds is 2. The predicted molar refractivity (Wildman–Crippen MR) is 86.0 cm³/mol. The number of Topliss-reactive ketones (excluding diaryl/α,β-unsaturated/α-hetero) is 1. The van der Waals surface area contributed by atoms with Crippen LogP contribution in [0.4, 0.5) is 13.2 Å². The van der Waals surface area contributed by atoms with E-state index in [0.717, 1.165) is 0 Å². The Hall–Kier alpha value is -1.86. The molecular formula is C17H14F3NO2S. The van der Waals surface area contributed by atoms with Gasteiger partial charge < -0.3 is 4.74 Å². The van der Waals surface area contributed by atoms with Gasteiger partial charge in [0.15, 0.2) is 5.78 Å². The highest BCUT2D eigenvalue weighted by molar-refractivity contribution is 8.04. The maximum absolute atomic E-state index is 12.8. The Labute approximate surface area is 141 Å². The second kappa shape index (κ2) is 5.89. The number of carbonyl (C=O) groups is 1. The fourth-order valence-electron chi connectivity index (χ4n) is 2.70. The highest BCUT2D eigenvalue weighted by Crippen LogP contribution is 2.43. The number of carbonyl (C=O) groups excluding carboxylic acids is 1. The van der Waals surface area contributed by atoms with Crippen LogP contribution in [0.2, 0.25) is 0 Å². The Morgan fingerprint density at radius 1 is 1.33 bits per heavy atom. The number of ether oxygens (including phenoxy) is 1. The maximum Gasteiger partial charge on any atom is 0.446 e.